The van der Waals surface area contributed by atoms with Crippen LogP contribution in [-0.2, 0) is 4.57 Å². The monoisotopic (exact) mass is 233 g/mol. The normalized spacial score (nSPS) is 24.1. The predicted molar refractivity (Wildman–Crippen MR) is 68.6 cm³/mol. The van der Waals surface area contributed by atoms with E-state index in [9.17, 15) is 4.57 Å². The molecule has 0 radical (unpaired) electrons. The molecule has 1 aromatic rings. The van der Waals surface area contributed by atoms with Crippen molar-refractivity contribution in [1.29, 1.82) is 0 Å². The summed E-state index contributed by atoms with van der Waals surface area (Å²) in [6, 6.07) is 5.98. The van der Waals surface area contributed by atoms with Gasteiger partial charge in [0.05, 0.1) is 11.0 Å². The van der Waals surface area contributed by atoms with E-state index in [0.717, 1.165) is 23.8 Å². The van der Waals surface area contributed by atoms with Crippen LogP contribution >= 0.6 is 8.46 Å². The molecule has 1 aliphatic heterocycles. The molecule has 2 nitrogen and oxygen atoms in total. The maximum atomic E-state index is 11.1. The first-order valence-corrected chi connectivity index (χ1v) is 6.58. The molecule has 1 aliphatic rings. The topological polar surface area (TPSA) is 29.4 Å². The molecule has 1 heterocycles. The van der Waals surface area contributed by atoms with Gasteiger partial charge < -0.3 is 0 Å². The molecule has 0 bridgehead atoms. The van der Waals surface area contributed by atoms with Crippen LogP contribution in [0.1, 0.15) is 38.2 Å². The summed E-state index contributed by atoms with van der Waals surface area (Å²) in [6.45, 7) is 4.39. The molecular weight excluding hydrogens is 217 g/mol. The van der Waals surface area contributed by atoms with Crippen LogP contribution in [-0.4, -0.2) is 6.21 Å². The Kier molecular flexibility index (Phi) is 3.50. The van der Waals surface area contributed by atoms with Crippen molar-refractivity contribution in [2.24, 2.45) is 10.9 Å². The molecule has 0 spiro atoms. The highest BCUT2D eigenvalue weighted by atomic mass is 31.1. The highest BCUT2D eigenvalue weighted by molar-refractivity contribution is 7.34. The van der Waals surface area contributed by atoms with Gasteiger partial charge in [0, 0.05) is 6.21 Å². The molecule has 2 atom stereocenters. The Bertz CT molecular complexity index is 428. The summed E-state index contributed by atoms with van der Waals surface area (Å²) in [5.74, 6) is 1.03. The number of nitrogens with zero attached hydrogens (tertiary/aromatic N) is 1. The summed E-state index contributed by atoms with van der Waals surface area (Å²) in [7, 11) is 0.0640. The molecule has 0 aliphatic carbocycles. The summed E-state index contributed by atoms with van der Waals surface area (Å²) in [5.41, 5.74) is 2.18. The van der Waals surface area contributed by atoms with Crippen LogP contribution < -0.4 is 5.30 Å². The van der Waals surface area contributed by atoms with Gasteiger partial charge in [-0.3, -0.25) is 9.56 Å². The van der Waals surface area contributed by atoms with Gasteiger partial charge in [-0.2, -0.15) is 0 Å². The zero-order valence-electron chi connectivity index (χ0n) is 9.68. The standard InChI is InChI=1S/C13H16NOP/c1-3-10-7-9(2)8-14-13-11(10)5-4-6-12(13)16-15/h4-6,8-10H,3,7H2,1-2H3. The van der Waals surface area contributed by atoms with E-state index in [-0.39, 0.29) is 8.46 Å². The van der Waals surface area contributed by atoms with Crippen LogP contribution in [0.3, 0.4) is 0 Å². The molecule has 0 saturated carbocycles. The lowest BCUT2D eigenvalue weighted by atomic mass is 9.88. The molecule has 0 saturated heterocycles. The van der Waals surface area contributed by atoms with Crippen LogP contribution in [0.2, 0.25) is 0 Å². The average molecular weight is 233 g/mol. The third-order valence-electron chi connectivity index (χ3n) is 3.19. The van der Waals surface area contributed by atoms with Gasteiger partial charge in [-0.25, -0.2) is 0 Å². The minimum Gasteiger partial charge on any atom is -0.269 e. The van der Waals surface area contributed by atoms with Crippen molar-refractivity contribution in [3.8, 4) is 0 Å². The minimum atomic E-state index is 0.0640. The Morgan fingerprint density at radius 2 is 2.31 bits per heavy atom. The molecule has 16 heavy (non-hydrogen) atoms. The molecule has 0 aromatic heterocycles. The number of para-hydroxylation sites is 1. The van der Waals surface area contributed by atoms with Crippen molar-refractivity contribution in [3.63, 3.8) is 0 Å². The first-order chi connectivity index (χ1) is 7.76. The third kappa shape index (κ3) is 2.08. The summed E-state index contributed by atoms with van der Waals surface area (Å²) in [6.07, 6.45) is 4.23. The number of aliphatic imine (C=N–C) groups is 1. The smallest absolute Gasteiger partial charge is 0.194 e. The summed E-state index contributed by atoms with van der Waals surface area (Å²) in [4.78, 5) is 4.50. The summed E-state index contributed by atoms with van der Waals surface area (Å²) >= 11 is 0. The molecule has 2 rings (SSSR count). The van der Waals surface area contributed by atoms with Crippen molar-refractivity contribution in [2.75, 3.05) is 0 Å². The van der Waals surface area contributed by atoms with Gasteiger partial charge in [0.1, 0.15) is 0 Å². The maximum absolute atomic E-state index is 11.1. The highest BCUT2D eigenvalue weighted by Gasteiger charge is 2.20. The zero-order valence-corrected chi connectivity index (χ0v) is 10.6. The molecule has 0 fully saturated rings. The van der Waals surface area contributed by atoms with Crippen molar-refractivity contribution in [3.05, 3.63) is 23.8 Å². The fourth-order valence-electron chi connectivity index (χ4n) is 2.32. The lowest BCUT2D eigenvalue weighted by Crippen LogP contribution is -2.04. The number of fused-ring (bicyclic) bond motifs is 1. The van der Waals surface area contributed by atoms with E-state index in [1.54, 1.807) is 0 Å². The number of hydrogen-bond donors (Lipinski definition) is 0. The quantitative estimate of drug-likeness (QED) is 0.713. The first-order valence-electron chi connectivity index (χ1n) is 5.76. The third-order valence-corrected chi connectivity index (χ3v) is 3.75. The lowest BCUT2D eigenvalue weighted by molar-refractivity contribution is 0.554. The van der Waals surface area contributed by atoms with Crippen LogP contribution in [0.4, 0.5) is 5.69 Å². The second-order valence-electron chi connectivity index (χ2n) is 4.40. The van der Waals surface area contributed by atoms with Gasteiger partial charge >= 0.3 is 0 Å². The van der Waals surface area contributed by atoms with E-state index in [2.05, 4.69) is 24.9 Å². The molecular formula is C13H16NOP. The largest absolute Gasteiger partial charge is 0.269 e. The van der Waals surface area contributed by atoms with E-state index in [1.807, 2.05) is 18.3 Å². The van der Waals surface area contributed by atoms with Crippen LogP contribution in [0.25, 0.3) is 0 Å². The Balaban J connectivity index is 2.55. The Hall–Kier alpha value is -1.01. The van der Waals surface area contributed by atoms with Gasteiger partial charge in [-0.05, 0) is 36.3 Å². The molecule has 1 aromatic carbocycles. The summed E-state index contributed by atoms with van der Waals surface area (Å²) < 4.78 is 11.1. The second-order valence-corrected chi connectivity index (χ2v) is 5.07. The maximum Gasteiger partial charge on any atom is 0.194 e. The van der Waals surface area contributed by atoms with Gasteiger partial charge in [-0.15, -0.1) is 0 Å². The molecule has 2 unspecified atom stereocenters. The van der Waals surface area contributed by atoms with Crippen molar-refractivity contribution < 1.29 is 4.57 Å². The molecule has 0 N–H and O–H groups in total. The van der Waals surface area contributed by atoms with Crippen molar-refractivity contribution in [1.82, 2.24) is 0 Å². The Morgan fingerprint density at radius 3 is 3.00 bits per heavy atom. The number of benzene rings is 1. The van der Waals surface area contributed by atoms with E-state index < -0.39 is 0 Å². The van der Waals surface area contributed by atoms with Gasteiger partial charge in [0.25, 0.3) is 0 Å². The average Bonchev–Trinajstić information content (AvgIpc) is 2.48. The van der Waals surface area contributed by atoms with Crippen LogP contribution in [0.15, 0.2) is 23.2 Å². The molecule has 3 heteroatoms. The Morgan fingerprint density at radius 1 is 1.50 bits per heavy atom. The zero-order chi connectivity index (χ0) is 11.5. The fourth-order valence-corrected chi connectivity index (χ4v) is 2.74. The van der Waals surface area contributed by atoms with Gasteiger partial charge in [-0.1, -0.05) is 26.0 Å². The first kappa shape index (κ1) is 11.5. The molecule has 84 valence electrons. The van der Waals surface area contributed by atoms with Gasteiger partial charge in [0.2, 0.25) is 0 Å². The lowest BCUT2D eigenvalue weighted by Gasteiger charge is -2.16. The minimum absolute atomic E-state index is 0.0640. The highest BCUT2D eigenvalue weighted by Crippen LogP contribution is 2.36. The SMILES string of the molecule is CCC1CC(C)C=Nc2c(P=O)cccc21. The van der Waals surface area contributed by atoms with Crippen molar-refractivity contribution >= 4 is 25.7 Å². The number of hydrogen-bond acceptors (Lipinski definition) is 2. The van der Waals surface area contributed by atoms with Crippen LogP contribution in [0.5, 0.6) is 0 Å². The van der Waals surface area contributed by atoms with Gasteiger partial charge in [0.15, 0.2) is 8.46 Å². The van der Waals surface area contributed by atoms with E-state index in [0.29, 0.717) is 11.8 Å². The van der Waals surface area contributed by atoms with Crippen LogP contribution in [0, 0.1) is 5.92 Å². The fraction of sp³-hybridized carbons (Fsp3) is 0.462. The number of rotatable bonds is 2. The van der Waals surface area contributed by atoms with E-state index >= 15 is 0 Å². The van der Waals surface area contributed by atoms with E-state index in [4.69, 9.17) is 0 Å². The Labute approximate surface area is 98.0 Å². The van der Waals surface area contributed by atoms with Crippen molar-refractivity contribution in [2.45, 2.75) is 32.6 Å². The van der Waals surface area contributed by atoms with E-state index in [1.165, 1.54) is 5.56 Å². The molecule has 0 amide bonds. The second kappa shape index (κ2) is 4.88. The predicted octanol–water partition coefficient (Wildman–Crippen LogP) is 3.84. The summed E-state index contributed by atoms with van der Waals surface area (Å²) in [5, 5.41) is 0.807.